The van der Waals surface area contributed by atoms with Crippen LogP contribution in [0.4, 0.5) is 0 Å². The second-order valence-electron chi connectivity index (χ2n) is 6.45. The van der Waals surface area contributed by atoms with Gasteiger partial charge < -0.3 is 5.32 Å². The molecule has 2 rings (SSSR count). The fourth-order valence-corrected chi connectivity index (χ4v) is 4.16. The molecule has 0 aromatic heterocycles. The fraction of sp³-hybridized carbons (Fsp3) is 1.00. The van der Waals surface area contributed by atoms with Crippen LogP contribution in [0, 0.1) is 17.8 Å². The Bertz CT molecular complexity index is 206. The smallest absolute Gasteiger partial charge is 0.00668 e. The van der Waals surface area contributed by atoms with Crippen LogP contribution in [-0.2, 0) is 0 Å². The highest BCUT2D eigenvalue weighted by atomic mass is 14.9. The second kappa shape index (κ2) is 6.78. The molecular formula is C16H31N. The first-order valence-corrected chi connectivity index (χ1v) is 8.00. The lowest BCUT2D eigenvalue weighted by Gasteiger charge is -2.34. The quantitative estimate of drug-likeness (QED) is 0.719. The molecule has 0 spiro atoms. The Hall–Kier alpha value is -0.0400. The molecule has 2 saturated carbocycles. The van der Waals surface area contributed by atoms with Crippen molar-refractivity contribution in [3.8, 4) is 0 Å². The van der Waals surface area contributed by atoms with Crippen molar-refractivity contribution in [3.05, 3.63) is 0 Å². The lowest BCUT2D eigenvalue weighted by molar-refractivity contribution is 0.180. The predicted molar refractivity (Wildman–Crippen MR) is 75.2 cm³/mol. The zero-order valence-electron chi connectivity index (χ0n) is 11.9. The van der Waals surface area contributed by atoms with E-state index in [2.05, 4.69) is 19.3 Å². The minimum Gasteiger partial charge on any atom is -0.317 e. The number of hydrogen-bond acceptors (Lipinski definition) is 1. The minimum atomic E-state index is 0.811. The van der Waals surface area contributed by atoms with E-state index in [1.807, 2.05) is 0 Å². The van der Waals surface area contributed by atoms with Crippen molar-refractivity contribution < 1.29 is 0 Å². The zero-order chi connectivity index (χ0) is 12.1. The molecule has 17 heavy (non-hydrogen) atoms. The molecule has 1 N–H and O–H groups in total. The normalized spacial score (nSPS) is 39.9. The van der Waals surface area contributed by atoms with Crippen molar-refractivity contribution in [2.75, 3.05) is 7.05 Å². The molecule has 2 aliphatic rings. The van der Waals surface area contributed by atoms with Crippen LogP contribution in [0.3, 0.4) is 0 Å². The molecule has 2 atom stereocenters. The summed E-state index contributed by atoms with van der Waals surface area (Å²) >= 11 is 0. The van der Waals surface area contributed by atoms with Gasteiger partial charge in [-0.25, -0.2) is 0 Å². The Morgan fingerprint density at radius 1 is 0.882 bits per heavy atom. The van der Waals surface area contributed by atoms with E-state index in [0.717, 1.165) is 23.8 Å². The standard InChI is InChI=1S/C16H31N/c1-3-13-8-10-14(11-9-13)15-6-4-5-7-16(12-15)17-2/h13-17H,3-12H2,1-2H3. The number of rotatable bonds is 3. The molecule has 1 heteroatoms. The molecular weight excluding hydrogens is 206 g/mol. The molecule has 2 aliphatic carbocycles. The van der Waals surface area contributed by atoms with Crippen molar-refractivity contribution in [2.24, 2.45) is 17.8 Å². The van der Waals surface area contributed by atoms with E-state index >= 15 is 0 Å². The van der Waals surface area contributed by atoms with Crippen LogP contribution in [0.25, 0.3) is 0 Å². The highest BCUT2D eigenvalue weighted by molar-refractivity contribution is 4.82. The molecule has 0 heterocycles. The lowest BCUT2D eigenvalue weighted by atomic mass is 9.72. The summed E-state index contributed by atoms with van der Waals surface area (Å²) in [4.78, 5) is 0. The maximum Gasteiger partial charge on any atom is 0.00668 e. The van der Waals surface area contributed by atoms with Gasteiger partial charge in [-0.3, -0.25) is 0 Å². The molecule has 2 unspecified atom stereocenters. The monoisotopic (exact) mass is 237 g/mol. The second-order valence-corrected chi connectivity index (χ2v) is 6.45. The lowest BCUT2D eigenvalue weighted by Crippen LogP contribution is -2.30. The molecule has 0 amide bonds. The van der Waals surface area contributed by atoms with Gasteiger partial charge >= 0.3 is 0 Å². The Labute approximate surface area is 108 Å². The maximum absolute atomic E-state index is 3.53. The van der Waals surface area contributed by atoms with Gasteiger partial charge in [0.15, 0.2) is 0 Å². The molecule has 0 aliphatic heterocycles. The predicted octanol–water partition coefficient (Wildman–Crippen LogP) is 4.37. The van der Waals surface area contributed by atoms with Crippen molar-refractivity contribution in [1.82, 2.24) is 5.32 Å². The van der Waals surface area contributed by atoms with E-state index in [1.54, 1.807) is 0 Å². The Morgan fingerprint density at radius 3 is 2.24 bits per heavy atom. The van der Waals surface area contributed by atoms with Crippen LogP contribution < -0.4 is 5.32 Å². The van der Waals surface area contributed by atoms with Gasteiger partial charge in [0.05, 0.1) is 0 Å². The van der Waals surface area contributed by atoms with Gasteiger partial charge in [-0.2, -0.15) is 0 Å². The summed E-state index contributed by atoms with van der Waals surface area (Å²) in [6, 6.07) is 0.811. The van der Waals surface area contributed by atoms with E-state index in [-0.39, 0.29) is 0 Å². The average molecular weight is 237 g/mol. The maximum atomic E-state index is 3.53. The third-order valence-electron chi connectivity index (χ3n) is 5.51. The molecule has 0 aromatic rings. The largest absolute Gasteiger partial charge is 0.317 e. The van der Waals surface area contributed by atoms with E-state index in [1.165, 1.54) is 64.2 Å². The van der Waals surface area contributed by atoms with Crippen molar-refractivity contribution >= 4 is 0 Å². The van der Waals surface area contributed by atoms with Gasteiger partial charge in [0, 0.05) is 6.04 Å². The Morgan fingerprint density at radius 2 is 1.59 bits per heavy atom. The van der Waals surface area contributed by atoms with E-state index in [9.17, 15) is 0 Å². The Balaban J connectivity index is 1.84. The van der Waals surface area contributed by atoms with E-state index in [0.29, 0.717) is 0 Å². The minimum absolute atomic E-state index is 0.811. The van der Waals surface area contributed by atoms with Gasteiger partial charge in [-0.15, -0.1) is 0 Å². The summed E-state index contributed by atoms with van der Waals surface area (Å²) in [5.41, 5.74) is 0. The molecule has 0 aromatic carbocycles. The van der Waals surface area contributed by atoms with Gasteiger partial charge in [-0.05, 0) is 50.5 Å². The van der Waals surface area contributed by atoms with Crippen molar-refractivity contribution in [3.63, 3.8) is 0 Å². The van der Waals surface area contributed by atoms with E-state index < -0.39 is 0 Å². The summed E-state index contributed by atoms with van der Waals surface area (Å²) in [6.07, 6.45) is 14.8. The molecule has 1 nitrogen and oxygen atoms in total. The number of hydrogen-bond donors (Lipinski definition) is 1. The molecule has 0 saturated heterocycles. The highest BCUT2D eigenvalue weighted by Crippen LogP contribution is 2.39. The number of nitrogens with one attached hydrogen (secondary N) is 1. The van der Waals surface area contributed by atoms with Crippen molar-refractivity contribution in [2.45, 2.75) is 77.2 Å². The third kappa shape index (κ3) is 3.71. The summed E-state index contributed by atoms with van der Waals surface area (Å²) in [7, 11) is 2.15. The summed E-state index contributed by atoms with van der Waals surface area (Å²) in [5.74, 6) is 3.15. The topological polar surface area (TPSA) is 12.0 Å². The van der Waals surface area contributed by atoms with Gasteiger partial charge in [0.1, 0.15) is 0 Å². The van der Waals surface area contributed by atoms with Crippen LogP contribution in [-0.4, -0.2) is 13.1 Å². The highest BCUT2D eigenvalue weighted by Gasteiger charge is 2.29. The summed E-state index contributed by atoms with van der Waals surface area (Å²) in [5, 5.41) is 3.53. The van der Waals surface area contributed by atoms with Crippen LogP contribution in [0.1, 0.15) is 71.1 Å². The first-order chi connectivity index (χ1) is 8.33. The van der Waals surface area contributed by atoms with Gasteiger partial charge in [-0.1, -0.05) is 45.4 Å². The first kappa shape index (κ1) is 13.4. The Kier molecular flexibility index (Phi) is 5.34. The SMILES string of the molecule is CCC1CCC(C2CCCCC(NC)C2)CC1. The first-order valence-electron chi connectivity index (χ1n) is 8.00. The molecule has 0 radical (unpaired) electrons. The molecule has 2 fully saturated rings. The van der Waals surface area contributed by atoms with Gasteiger partial charge in [0.2, 0.25) is 0 Å². The van der Waals surface area contributed by atoms with Crippen LogP contribution in [0.2, 0.25) is 0 Å². The fourth-order valence-electron chi connectivity index (χ4n) is 4.16. The average Bonchev–Trinajstić information content (AvgIpc) is 2.64. The van der Waals surface area contributed by atoms with Crippen LogP contribution in [0.15, 0.2) is 0 Å². The van der Waals surface area contributed by atoms with Crippen molar-refractivity contribution in [1.29, 1.82) is 0 Å². The summed E-state index contributed by atoms with van der Waals surface area (Å²) in [6.45, 7) is 2.37. The summed E-state index contributed by atoms with van der Waals surface area (Å²) < 4.78 is 0. The van der Waals surface area contributed by atoms with Crippen LogP contribution >= 0.6 is 0 Å². The third-order valence-corrected chi connectivity index (χ3v) is 5.51. The zero-order valence-corrected chi connectivity index (χ0v) is 11.9. The molecule has 0 bridgehead atoms. The molecule has 100 valence electrons. The van der Waals surface area contributed by atoms with Crippen LogP contribution in [0.5, 0.6) is 0 Å². The van der Waals surface area contributed by atoms with Gasteiger partial charge in [0.25, 0.3) is 0 Å². The van der Waals surface area contributed by atoms with E-state index in [4.69, 9.17) is 0 Å².